The van der Waals surface area contributed by atoms with Gasteiger partial charge in [0.15, 0.2) is 0 Å². The maximum Gasteiger partial charge on any atom is 0.0603 e. The molecule has 306 valence electrons. The van der Waals surface area contributed by atoms with Gasteiger partial charge in [0.1, 0.15) is 0 Å². The molecule has 0 saturated heterocycles. The first-order chi connectivity index (χ1) is 32.2. The van der Waals surface area contributed by atoms with Gasteiger partial charge < -0.3 is 14.4 Å². The molecule has 0 unspecified atom stereocenters. The van der Waals surface area contributed by atoms with Gasteiger partial charge in [-0.1, -0.05) is 139 Å². The summed E-state index contributed by atoms with van der Waals surface area (Å²) in [6, 6.07) is 86.5. The number of aromatic nitrogens is 1. The number of hydrogen-bond acceptors (Lipinski definition) is 4. The van der Waals surface area contributed by atoms with Crippen molar-refractivity contribution in [1.82, 2.24) is 4.57 Å². The Morgan fingerprint density at radius 2 is 0.908 bits per heavy atom. The first-order valence-corrected chi connectivity index (χ1v) is 23.6. The van der Waals surface area contributed by atoms with E-state index in [1.807, 2.05) is 23.1 Å². The van der Waals surface area contributed by atoms with E-state index in [2.05, 4.69) is 251 Å². The fourth-order valence-electron chi connectivity index (χ4n) is 9.71. The minimum atomic E-state index is 1.08. The van der Waals surface area contributed by atoms with Gasteiger partial charge in [0.25, 0.3) is 0 Å². The number of anilines is 6. The van der Waals surface area contributed by atoms with Crippen molar-refractivity contribution in [3.05, 3.63) is 237 Å². The van der Waals surface area contributed by atoms with Crippen molar-refractivity contribution in [1.29, 1.82) is 0 Å². The molecule has 1 aliphatic rings. The molecule has 1 aliphatic heterocycles. The Bertz CT molecular complexity index is 3740. The van der Waals surface area contributed by atoms with Crippen molar-refractivity contribution < 1.29 is 0 Å². The molecule has 2 aromatic heterocycles. The molecule has 0 bridgehead atoms. The summed E-state index contributed by atoms with van der Waals surface area (Å²) < 4.78 is 5.08. The van der Waals surface area contributed by atoms with Gasteiger partial charge in [-0.05, 0) is 131 Å². The lowest BCUT2D eigenvalue weighted by Gasteiger charge is -2.34. The minimum Gasteiger partial charge on any atom is -0.310 e. The Labute approximate surface area is 385 Å². The molecule has 0 atom stereocenters. The van der Waals surface area contributed by atoms with Gasteiger partial charge in [0, 0.05) is 69.2 Å². The van der Waals surface area contributed by atoms with Gasteiger partial charge >= 0.3 is 0 Å². The highest BCUT2D eigenvalue weighted by Gasteiger charge is 2.27. The number of rotatable bonds is 7. The highest BCUT2D eigenvalue weighted by molar-refractivity contribution is 7.99. The van der Waals surface area contributed by atoms with E-state index < -0.39 is 0 Å². The van der Waals surface area contributed by atoms with Crippen molar-refractivity contribution in [2.45, 2.75) is 9.79 Å². The van der Waals surface area contributed by atoms with Crippen LogP contribution in [0.2, 0.25) is 0 Å². The molecule has 0 spiro atoms. The topological polar surface area (TPSA) is 11.4 Å². The smallest absolute Gasteiger partial charge is 0.0603 e. The quantitative estimate of drug-likeness (QED) is 0.158. The third kappa shape index (κ3) is 6.42. The molecule has 0 fully saturated rings. The number of benzene rings is 10. The molecule has 5 heteroatoms. The van der Waals surface area contributed by atoms with Crippen molar-refractivity contribution in [3.8, 4) is 27.9 Å². The summed E-state index contributed by atoms with van der Waals surface area (Å²) >= 11 is 3.70. The molecule has 10 aromatic carbocycles. The first-order valence-electron chi connectivity index (χ1n) is 22.0. The second kappa shape index (κ2) is 15.5. The van der Waals surface area contributed by atoms with Crippen molar-refractivity contribution in [3.63, 3.8) is 0 Å². The van der Waals surface area contributed by atoms with Crippen LogP contribution in [0.4, 0.5) is 34.1 Å². The van der Waals surface area contributed by atoms with E-state index in [0.29, 0.717) is 0 Å². The first kappa shape index (κ1) is 37.7. The summed E-state index contributed by atoms with van der Waals surface area (Å²) in [6.07, 6.45) is 0. The predicted octanol–water partition coefficient (Wildman–Crippen LogP) is 17.9. The van der Waals surface area contributed by atoms with Crippen LogP contribution in [0.15, 0.2) is 246 Å². The molecule has 0 saturated carbocycles. The monoisotopic (exact) mass is 865 g/mol. The van der Waals surface area contributed by atoms with Crippen LogP contribution in [0.3, 0.4) is 0 Å². The summed E-state index contributed by atoms with van der Waals surface area (Å²) in [5.41, 5.74) is 15.1. The van der Waals surface area contributed by atoms with Crippen molar-refractivity contribution in [2.75, 3.05) is 9.80 Å². The zero-order valence-electron chi connectivity index (χ0n) is 35.2. The van der Waals surface area contributed by atoms with Crippen LogP contribution in [0, 0.1) is 0 Å². The van der Waals surface area contributed by atoms with E-state index in [4.69, 9.17) is 0 Å². The zero-order chi connectivity index (χ0) is 42.8. The van der Waals surface area contributed by atoms with Gasteiger partial charge in [0.2, 0.25) is 0 Å². The largest absolute Gasteiger partial charge is 0.310 e. The van der Waals surface area contributed by atoms with Gasteiger partial charge in [0.05, 0.1) is 22.4 Å². The van der Waals surface area contributed by atoms with Gasteiger partial charge in [-0.2, -0.15) is 0 Å². The normalized spacial score (nSPS) is 12.2. The third-order valence-corrected chi connectivity index (χ3v) is 15.0. The molecule has 0 N–H and O–H groups in total. The Morgan fingerprint density at radius 1 is 0.323 bits per heavy atom. The second-order valence-electron chi connectivity index (χ2n) is 16.6. The summed E-state index contributed by atoms with van der Waals surface area (Å²) in [5.74, 6) is 0. The molecule has 3 nitrogen and oxygen atoms in total. The molecule has 12 aromatic rings. The average Bonchev–Trinajstić information content (AvgIpc) is 3.91. The molecular weight excluding hydrogens is 827 g/mol. The van der Waals surface area contributed by atoms with E-state index in [9.17, 15) is 0 Å². The van der Waals surface area contributed by atoms with E-state index in [0.717, 1.165) is 34.0 Å². The van der Waals surface area contributed by atoms with Crippen molar-refractivity contribution in [2.24, 2.45) is 0 Å². The lowest BCUT2D eigenvalue weighted by atomic mass is 10.0. The minimum absolute atomic E-state index is 1.08. The Kier molecular flexibility index (Phi) is 8.97. The van der Waals surface area contributed by atoms with Crippen LogP contribution in [0.5, 0.6) is 0 Å². The van der Waals surface area contributed by atoms with Gasteiger partial charge in [-0.25, -0.2) is 0 Å². The average molecular weight is 866 g/mol. The van der Waals surface area contributed by atoms with Crippen LogP contribution in [0.25, 0.3) is 69.9 Å². The number of nitrogens with zero attached hydrogens (tertiary/aromatic N) is 3. The Balaban J connectivity index is 0.991. The Hall–Kier alpha value is -7.83. The van der Waals surface area contributed by atoms with Crippen LogP contribution >= 0.6 is 23.1 Å². The fourth-order valence-corrected chi connectivity index (χ4v) is 11.9. The van der Waals surface area contributed by atoms with Gasteiger partial charge in [-0.15, -0.1) is 11.3 Å². The molecule has 0 amide bonds. The zero-order valence-corrected chi connectivity index (χ0v) is 36.8. The number of fused-ring (bicyclic) bond motifs is 8. The predicted molar refractivity (Wildman–Crippen MR) is 278 cm³/mol. The second-order valence-corrected chi connectivity index (χ2v) is 18.7. The van der Waals surface area contributed by atoms with Gasteiger partial charge in [-0.3, -0.25) is 0 Å². The van der Waals surface area contributed by atoms with Crippen LogP contribution < -0.4 is 9.80 Å². The summed E-state index contributed by atoms with van der Waals surface area (Å²) in [6.45, 7) is 0. The summed E-state index contributed by atoms with van der Waals surface area (Å²) in [4.78, 5) is 7.25. The molecule has 3 heterocycles. The highest BCUT2D eigenvalue weighted by Crippen LogP contribution is 2.53. The van der Waals surface area contributed by atoms with Crippen LogP contribution in [0.1, 0.15) is 0 Å². The van der Waals surface area contributed by atoms with Crippen molar-refractivity contribution >= 4 is 99.2 Å². The SMILES string of the molecule is c1ccc(-c2ccc(N(c3ccc4c(c3)Sc3ccccc3N4c3ccccc3)c3ccc4c5cc(-c6ccc7sc8ccccc8c7c6)ccc5n(-c5ccccc5)c4c3)cc2)cc1. The molecule has 0 aliphatic carbocycles. The molecule has 0 radical (unpaired) electrons. The molecular formula is C60H39N3S2. The van der Waals surface area contributed by atoms with Crippen LogP contribution in [-0.4, -0.2) is 4.57 Å². The molecule has 65 heavy (non-hydrogen) atoms. The third-order valence-electron chi connectivity index (χ3n) is 12.7. The van der Waals surface area contributed by atoms with E-state index in [-0.39, 0.29) is 0 Å². The summed E-state index contributed by atoms with van der Waals surface area (Å²) in [7, 11) is 0. The fraction of sp³-hybridized carbons (Fsp3) is 0. The maximum absolute atomic E-state index is 2.43. The van der Waals surface area contributed by atoms with E-state index in [1.165, 1.54) is 79.9 Å². The highest BCUT2D eigenvalue weighted by atomic mass is 32.2. The standard InChI is InChI=1S/C60H39N3S2/c1-4-14-40(15-5-1)41-24-28-46(29-25-41)61(48-31-34-55-60(39-48)65-59-23-13-11-21-54(59)63(55)45-18-8-3-9-19-45)47-30-32-49-51-36-42(26-33-53(51)62(56(49)38-47)44-16-6-2-7-17-44)43-27-35-58-52(37-43)50-20-10-12-22-57(50)64-58/h1-39H. The Morgan fingerprint density at radius 3 is 1.72 bits per heavy atom. The molecule has 13 rings (SSSR count). The lowest BCUT2D eigenvalue weighted by Crippen LogP contribution is -2.16. The summed E-state index contributed by atoms with van der Waals surface area (Å²) in [5, 5.41) is 5.08. The maximum atomic E-state index is 2.43. The number of thiophene rings is 1. The van der Waals surface area contributed by atoms with E-state index >= 15 is 0 Å². The lowest BCUT2D eigenvalue weighted by molar-refractivity contribution is 1.15. The number of hydrogen-bond donors (Lipinski definition) is 0. The van der Waals surface area contributed by atoms with E-state index in [1.54, 1.807) is 0 Å². The van der Waals surface area contributed by atoms with Crippen LogP contribution in [-0.2, 0) is 0 Å². The number of para-hydroxylation sites is 3.